The number of rotatable bonds is 10. The molecule has 0 aliphatic heterocycles. The van der Waals surface area contributed by atoms with Crippen LogP contribution in [0.1, 0.15) is 64.0 Å². The molecule has 0 atom stereocenters. The van der Waals surface area contributed by atoms with Crippen LogP contribution in [0, 0.1) is 11.3 Å². The second-order valence-electron chi connectivity index (χ2n) is 4.94. The third-order valence-corrected chi connectivity index (χ3v) is 3.23. The Balaban J connectivity index is 2.00. The van der Waals surface area contributed by atoms with Crippen molar-refractivity contribution in [3.05, 3.63) is 24.0 Å². The summed E-state index contributed by atoms with van der Waals surface area (Å²) in [6, 6.07) is 5.76. The third kappa shape index (κ3) is 7.46. The van der Waals surface area contributed by atoms with Gasteiger partial charge in [0.1, 0.15) is 11.8 Å². The fourth-order valence-electron chi connectivity index (χ4n) is 2.09. The Morgan fingerprint density at radius 3 is 2.47 bits per heavy atom. The Kier molecular flexibility index (Phi) is 8.46. The first-order chi connectivity index (χ1) is 9.36. The largest absolute Gasteiger partial charge is 0.385 e. The van der Waals surface area contributed by atoms with Crippen molar-refractivity contribution in [1.82, 2.24) is 4.98 Å². The van der Waals surface area contributed by atoms with Crippen LogP contribution in [-0.2, 0) is 0 Å². The molecule has 0 spiro atoms. The normalized spacial score (nSPS) is 10.1. The summed E-state index contributed by atoms with van der Waals surface area (Å²) in [5.74, 6) is 0. The minimum atomic E-state index is 0.473. The highest BCUT2D eigenvalue weighted by Crippen LogP contribution is 2.10. The average Bonchev–Trinajstić information content (AvgIpc) is 2.46. The summed E-state index contributed by atoms with van der Waals surface area (Å²) in [6.07, 6.45) is 12.3. The molecule has 0 fully saturated rings. The number of unbranched alkanes of at least 4 members (excludes halogenated alkanes) is 7. The van der Waals surface area contributed by atoms with Crippen molar-refractivity contribution in [2.24, 2.45) is 0 Å². The van der Waals surface area contributed by atoms with Gasteiger partial charge in [0.25, 0.3) is 0 Å². The van der Waals surface area contributed by atoms with E-state index in [1.165, 1.54) is 51.4 Å². The fraction of sp³-hybridized carbons (Fsp3) is 0.625. The Morgan fingerprint density at radius 2 is 1.79 bits per heavy atom. The van der Waals surface area contributed by atoms with E-state index in [-0.39, 0.29) is 0 Å². The van der Waals surface area contributed by atoms with Crippen LogP contribution in [0.3, 0.4) is 0 Å². The summed E-state index contributed by atoms with van der Waals surface area (Å²) < 4.78 is 0. The number of nitrogens with zero attached hydrogens (tertiary/aromatic N) is 2. The molecule has 3 nitrogen and oxygen atoms in total. The number of pyridine rings is 1. The van der Waals surface area contributed by atoms with Gasteiger partial charge >= 0.3 is 0 Å². The van der Waals surface area contributed by atoms with Gasteiger partial charge in [0.15, 0.2) is 0 Å². The van der Waals surface area contributed by atoms with Gasteiger partial charge in [-0.25, -0.2) is 4.98 Å². The molecule has 1 N–H and O–H groups in total. The predicted octanol–water partition coefficient (Wildman–Crippen LogP) is 4.51. The molecule has 0 radical (unpaired) electrons. The standard InChI is InChI=1S/C16H25N3/c1-2-3-4-5-6-7-8-9-11-18-15-10-12-19-16(13-15)14-17/h10,12-13H,2-9,11H2,1H3,(H,18,19). The van der Waals surface area contributed by atoms with Gasteiger partial charge in [-0.2, -0.15) is 5.26 Å². The Bertz CT molecular complexity index is 382. The van der Waals surface area contributed by atoms with Crippen molar-refractivity contribution < 1.29 is 0 Å². The number of aromatic nitrogens is 1. The van der Waals surface area contributed by atoms with Crippen LogP contribution in [0.2, 0.25) is 0 Å². The highest BCUT2D eigenvalue weighted by molar-refractivity contribution is 5.45. The van der Waals surface area contributed by atoms with Crippen LogP contribution < -0.4 is 5.32 Å². The monoisotopic (exact) mass is 259 g/mol. The van der Waals surface area contributed by atoms with E-state index < -0.39 is 0 Å². The second kappa shape index (κ2) is 10.4. The van der Waals surface area contributed by atoms with Gasteiger partial charge in [-0.15, -0.1) is 0 Å². The van der Waals surface area contributed by atoms with Crippen LogP contribution in [0.4, 0.5) is 5.69 Å². The molecule has 0 bridgehead atoms. The van der Waals surface area contributed by atoms with Crippen molar-refractivity contribution in [3.8, 4) is 6.07 Å². The molecule has 0 unspecified atom stereocenters. The van der Waals surface area contributed by atoms with Gasteiger partial charge in [0.05, 0.1) is 0 Å². The maximum absolute atomic E-state index is 8.75. The summed E-state index contributed by atoms with van der Waals surface area (Å²) in [7, 11) is 0. The zero-order chi connectivity index (χ0) is 13.8. The molecule has 0 saturated carbocycles. The quantitative estimate of drug-likeness (QED) is 0.629. The number of hydrogen-bond acceptors (Lipinski definition) is 3. The molecular formula is C16H25N3. The highest BCUT2D eigenvalue weighted by atomic mass is 14.9. The van der Waals surface area contributed by atoms with Gasteiger partial charge in [-0.3, -0.25) is 0 Å². The molecule has 3 heteroatoms. The summed E-state index contributed by atoms with van der Waals surface area (Å²) in [5, 5.41) is 12.1. The van der Waals surface area contributed by atoms with E-state index in [0.29, 0.717) is 5.69 Å². The van der Waals surface area contributed by atoms with Crippen LogP contribution in [-0.4, -0.2) is 11.5 Å². The summed E-state index contributed by atoms with van der Waals surface area (Å²) >= 11 is 0. The minimum absolute atomic E-state index is 0.473. The van der Waals surface area contributed by atoms with Crippen LogP contribution in [0.5, 0.6) is 0 Å². The van der Waals surface area contributed by atoms with Crippen molar-refractivity contribution in [2.45, 2.75) is 58.3 Å². The zero-order valence-electron chi connectivity index (χ0n) is 12.0. The number of anilines is 1. The van der Waals surface area contributed by atoms with Gasteiger partial charge in [0, 0.05) is 18.4 Å². The van der Waals surface area contributed by atoms with E-state index in [4.69, 9.17) is 5.26 Å². The highest BCUT2D eigenvalue weighted by Gasteiger charge is 1.95. The predicted molar refractivity (Wildman–Crippen MR) is 80.1 cm³/mol. The van der Waals surface area contributed by atoms with Crippen molar-refractivity contribution in [2.75, 3.05) is 11.9 Å². The Labute approximate surface area is 117 Å². The lowest BCUT2D eigenvalue weighted by Gasteiger charge is -2.06. The third-order valence-electron chi connectivity index (χ3n) is 3.23. The van der Waals surface area contributed by atoms with Crippen molar-refractivity contribution in [1.29, 1.82) is 5.26 Å². The molecular weight excluding hydrogens is 234 g/mol. The molecule has 1 heterocycles. The van der Waals surface area contributed by atoms with Crippen molar-refractivity contribution in [3.63, 3.8) is 0 Å². The summed E-state index contributed by atoms with van der Waals surface area (Å²) in [5.41, 5.74) is 1.47. The second-order valence-corrected chi connectivity index (χ2v) is 4.94. The summed E-state index contributed by atoms with van der Waals surface area (Å²) in [4.78, 5) is 3.95. The fourth-order valence-corrected chi connectivity index (χ4v) is 2.09. The van der Waals surface area contributed by atoms with Crippen LogP contribution in [0.25, 0.3) is 0 Å². The van der Waals surface area contributed by atoms with Crippen molar-refractivity contribution >= 4 is 5.69 Å². The van der Waals surface area contributed by atoms with E-state index >= 15 is 0 Å². The first-order valence-corrected chi connectivity index (χ1v) is 7.47. The van der Waals surface area contributed by atoms with E-state index in [9.17, 15) is 0 Å². The van der Waals surface area contributed by atoms with Gasteiger partial charge in [0.2, 0.25) is 0 Å². The molecule has 1 aromatic rings. The topological polar surface area (TPSA) is 48.7 Å². The maximum atomic E-state index is 8.75. The molecule has 0 saturated heterocycles. The average molecular weight is 259 g/mol. The molecule has 1 rings (SSSR count). The van der Waals surface area contributed by atoms with E-state index in [0.717, 1.165) is 12.2 Å². The molecule has 1 aromatic heterocycles. The smallest absolute Gasteiger partial charge is 0.142 e. The van der Waals surface area contributed by atoms with Gasteiger partial charge in [-0.05, 0) is 18.6 Å². The lowest BCUT2D eigenvalue weighted by atomic mass is 10.1. The van der Waals surface area contributed by atoms with E-state index in [1.54, 1.807) is 12.3 Å². The minimum Gasteiger partial charge on any atom is -0.385 e. The molecule has 0 aliphatic carbocycles. The first kappa shape index (κ1) is 15.5. The van der Waals surface area contributed by atoms with Crippen LogP contribution >= 0.6 is 0 Å². The maximum Gasteiger partial charge on any atom is 0.142 e. The molecule has 0 aromatic carbocycles. The van der Waals surface area contributed by atoms with E-state index in [2.05, 4.69) is 23.3 Å². The SMILES string of the molecule is CCCCCCCCCCNc1ccnc(C#N)c1. The Morgan fingerprint density at radius 1 is 1.11 bits per heavy atom. The van der Waals surface area contributed by atoms with E-state index in [1.807, 2.05) is 6.07 Å². The van der Waals surface area contributed by atoms with Crippen LogP contribution in [0.15, 0.2) is 18.3 Å². The molecule has 0 aliphatic rings. The van der Waals surface area contributed by atoms with Gasteiger partial charge in [-0.1, -0.05) is 51.9 Å². The molecule has 104 valence electrons. The number of nitriles is 1. The Hall–Kier alpha value is -1.56. The molecule has 0 amide bonds. The van der Waals surface area contributed by atoms with Gasteiger partial charge < -0.3 is 5.32 Å². The number of nitrogens with one attached hydrogen (secondary N) is 1. The molecule has 19 heavy (non-hydrogen) atoms. The first-order valence-electron chi connectivity index (χ1n) is 7.47. The zero-order valence-corrected chi connectivity index (χ0v) is 12.0. The summed E-state index contributed by atoms with van der Waals surface area (Å²) in [6.45, 7) is 3.23. The number of hydrogen-bond donors (Lipinski definition) is 1. The lowest BCUT2D eigenvalue weighted by Crippen LogP contribution is -2.01. The lowest BCUT2D eigenvalue weighted by molar-refractivity contribution is 0.581.